The van der Waals surface area contributed by atoms with E-state index in [0.29, 0.717) is 18.0 Å². The fourth-order valence-electron chi connectivity index (χ4n) is 0.999. The van der Waals surface area contributed by atoms with Crippen LogP contribution in [-0.4, -0.2) is 10.1 Å². The molecule has 0 aliphatic carbocycles. The number of hydrogen-bond acceptors (Lipinski definition) is 3. The van der Waals surface area contributed by atoms with Gasteiger partial charge in [-0.05, 0) is 18.9 Å². The van der Waals surface area contributed by atoms with Crippen molar-refractivity contribution in [1.29, 1.82) is 0 Å². The van der Waals surface area contributed by atoms with Crippen LogP contribution in [0.15, 0.2) is 27.5 Å². The van der Waals surface area contributed by atoms with Crippen molar-refractivity contribution in [3.05, 3.63) is 32.6 Å². The minimum Gasteiger partial charge on any atom is -0.258 e. The van der Waals surface area contributed by atoms with Gasteiger partial charge in [-0.3, -0.25) is 10.1 Å². The van der Waals surface area contributed by atoms with Crippen molar-refractivity contribution in [1.82, 2.24) is 0 Å². The third-order valence-corrected chi connectivity index (χ3v) is 2.63. The maximum Gasteiger partial charge on any atom is 0.305 e. The van der Waals surface area contributed by atoms with Gasteiger partial charge in [0.1, 0.15) is 16.4 Å². The van der Waals surface area contributed by atoms with E-state index < -0.39 is 4.92 Å². The third kappa shape index (κ3) is 2.56. The molecule has 0 saturated heterocycles. The zero-order chi connectivity index (χ0) is 10.7. The molecule has 1 aliphatic heterocycles. The zero-order valence-corrected chi connectivity index (χ0v) is 8.97. The summed E-state index contributed by atoms with van der Waals surface area (Å²) >= 11 is 11.5. The van der Waals surface area contributed by atoms with Gasteiger partial charge in [0, 0.05) is 6.42 Å². The Morgan fingerprint density at radius 2 is 2.14 bits per heavy atom. The highest BCUT2D eigenvalue weighted by molar-refractivity contribution is 6.65. The lowest BCUT2D eigenvalue weighted by Gasteiger charge is -2.05. The Morgan fingerprint density at radius 3 is 2.71 bits per heavy atom. The highest BCUT2D eigenvalue weighted by Crippen LogP contribution is 2.25. The highest BCUT2D eigenvalue weighted by Gasteiger charge is 2.19. The minimum absolute atomic E-state index is 0.155. The second-order valence-electron chi connectivity index (χ2n) is 2.87. The summed E-state index contributed by atoms with van der Waals surface area (Å²) in [5, 5.41) is 11.1. The van der Waals surface area contributed by atoms with E-state index in [4.69, 9.17) is 23.2 Å². The first kappa shape index (κ1) is 11.2. The van der Waals surface area contributed by atoms with Gasteiger partial charge >= 0.3 is 5.70 Å². The van der Waals surface area contributed by atoms with Crippen molar-refractivity contribution >= 4 is 28.4 Å². The molecule has 0 spiro atoms. The summed E-state index contributed by atoms with van der Waals surface area (Å²) in [6, 6.07) is 0. The molecule has 1 aliphatic rings. The van der Waals surface area contributed by atoms with Crippen molar-refractivity contribution in [3.8, 4) is 0 Å². The molecule has 0 radical (unpaired) electrons. The summed E-state index contributed by atoms with van der Waals surface area (Å²) in [7, 11) is 0. The summed E-state index contributed by atoms with van der Waals surface area (Å²) in [5.41, 5.74) is 0.546. The summed E-state index contributed by atoms with van der Waals surface area (Å²) in [6.07, 6.45) is 2.24. The van der Waals surface area contributed by atoms with Crippen LogP contribution >= 0.6 is 23.2 Å². The monoisotopic (exact) mass is 234 g/mol. The van der Waals surface area contributed by atoms with E-state index in [9.17, 15) is 10.1 Å². The largest absolute Gasteiger partial charge is 0.305 e. The third-order valence-electron chi connectivity index (χ3n) is 1.83. The number of allylic oxidation sites excluding steroid dienone is 2. The molecule has 1 rings (SSSR count). The Balaban J connectivity index is 3.17. The Bertz CT molecular complexity index is 358. The van der Waals surface area contributed by atoms with E-state index in [0.717, 1.165) is 11.8 Å². The smallest absolute Gasteiger partial charge is 0.258 e. The Labute approximate surface area is 91.1 Å². The first-order chi connectivity index (χ1) is 6.52. The maximum atomic E-state index is 10.6. The van der Waals surface area contributed by atoms with Gasteiger partial charge in [-0.15, -0.1) is 0 Å². The maximum absolute atomic E-state index is 10.6. The molecule has 0 fully saturated rings. The molecule has 0 amide bonds. The molecule has 14 heavy (non-hydrogen) atoms. The molecule has 0 saturated carbocycles. The van der Waals surface area contributed by atoms with Crippen LogP contribution in [0.25, 0.3) is 0 Å². The van der Waals surface area contributed by atoms with Crippen LogP contribution in [0.3, 0.4) is 0 Å². The van der Waals surface area contributed by atoms with Gasteiger partial charge in [-0.2, -0.15) is 0 Å². The van der Waals surface area contributed by atoms with Gasteiger partial charge < -0.3 is 0 Å². The molecule has 4 nitrogen and oxygen atoms in total. The van der Waals surface area contributed by atoms with Crippen LogP contribution in [0.4, 0.5) is 0 Å². The lowest BCUT2D eigenvalue weighted by Crippen LogP contribution is -2.03. The van der Waals surface area contributed by atoms with Gasteiger partial charge in [0.15, 0.2) is 0 Å². The predicted octanol–water partition coefficient (Wildman–Crippen LogP) is 3.05. The second kappa shape index (κ2) is 4.57. The summed E-state index contributed by atoms with van der Waals surface area (Å²) in [6.45, 7) is 1.75. The standard InChI is InChI=1S/C8H8Cl2N2O2/c1-5-2-3-7(9)11-4-6(8(5)10)12(13)14/h4H,2-3H2,1H3. The van der Waals surface area contributed by atoms with Crippen molar-refractivity contribution in [2.75, 3.05) is 0 Å². The van der Waals surface area contributed by atoms with Crippen molar-refractivity contribution in [2.24, 2.45) is 4.99 Å². The van der Waals surface area contributed by atoms with Gasteiger partial charge in [0.05, 0.1) is 4.92 Å². The number of nitro groups is 1. The minimum atomic E-state index is -0.565. The molecule has 6 heteroatoms. The lowest BCUT2D eigenvalue weighted by atomic mass is 10.1. The lowest BCUT2D eigenvalue weighted by molar-refractivity contribution is -0.420. The normalized spacial score (nSPS) is 18.2. The number of hydrogen-bond donors (Lipinski definition) is 0. The van der Waals surface area contributed by atoms with Crippen LogP contribution < -0.4 is 0 Å². The molecular formula is C8H8Cl2N2O2. The molecule has 0 aromatic heterocycles. The van der Waals surface area contributed by atoms with Crippen LogP contribution in [0.5, 0.6) is 0 Å². The van der Waals surface area contributed by atoms with E-state index in [1.165, 1.54) is 0 Å². The van der Waals surface area contributed by atoms with Crippen molar-refractivity contribution in [3.63, 3.8) is 0 Å². The first-order valence-electron chi connectivity index (χ1n) is 3.94. The van der Waals surface area contributed by atoms with Crippen molar-refractivity contribution < 1.29 is 4.92 Å². The fraction of sp³-hybridized carbons (Fsp3) is 0.375. The van der Waals surface area contributed by atoms with Gasteiger partial charge in [0.2, 0.25) is 0 Å². The van der Waals surface area contributed by atoms with Gasteiger partial charge in [-0.1, -0.05) is 23.2 Å². The number of rotatable bonds is 1. The molecule has 0 N–H and O–H groups in total. The molecule has 0 aromatic rings. The molecule has 0 bridgehead atoms. The fourth-order valence-corrected chi connectivity index (χ4v) is 1.35. The zero-order valence-electron chi connectivity index (χ0n) is 7.46. The SMILES string of the molecule is CC1=C(Cl)C([N+](=O)[O-])=CN=C(Cl)CC1. The molecule has 0 unspecified atom stereocenters. The van der Waals surface area contributed by atoms with E-state index in [1.807, 2.05) is 0 Å². The quantitative estimate of drug-likeness (QED) is 0.518. The predicted molar refractivity (Wildman–Crippen MR) is 56.2 cm³/mol. The van der Waals surface area contributed by atoms with Crippen molar-refractivity contribution in [2.45, 2.75) is 19.8 Å². The molecule has 76 valence electrons. The second-order valence-corrected chi connectivity index (χ2v) is 3.69. The molecule has 0 atom stereocenters. The van der Waals surface area contributed by atoms with Crippen LogP contribution in [0.2, 0.25) is 0 Å². The average Bonchev–Trinajstić information content (AvgIpc) is 2.12. The average molecular weight is 235 g/mol. The topological polar surface area (TPSA) is 55.5 Å². The van der Waals surface area contributed by atoms with Crippen LogP contribution in [0.1, 0.15) is 19.8 Å². The Kier molecular flexibility index (Phi) is 3.66. The molecule has 0 aromatic carbocycles. The molecular weight excluding hydrogens is 227 g/mol. The summed E-state index contributed by atoms with van der Waals surface area (Å²) < 4.78 is 0. The number of nitrogens with zero attached hydrogens (tertiary/aromatic N) is 2. The Hall–Kier alpha value is -0.870. The summed E-state index contributed by atoms with van der Waals surface area (Å²) in [5.74, 6) is 0. The van der Waals surface area contributed by atoms with E-state index >= 15 is 0 Å². The van der Waals surface area contributed by atoms with Gasteiger partial charge in [-0.25, -0.2) is 4.99 Å². The van der Waals surface area contributed by atoms with E-state index in [1.54, 1.807) is 6.92 Å². The highest BCUT2D eigenvalue weighted by atomic mass is 35.5. The van der Waals surface area contributed by atoms with E-state index in [-0.39, 0.29) is 10.7 Å². The molecule has 1 heterocycles. The summed E-state index contributed by atoms with van der Waals surface area (Å²) in [4.78, 5) is 13.8. The van der Waals surface area contributed by atoms with E-state index in [2.05, 4.69) is 4.99 Å². The first-order valence-corrected chi connectivity index (χ1v) is 4.70. The van der Waals surface area contributed by atoms with Crippen LogP contribution in [-0.2, 0) is 0 Å². The Morgan fingerprint density at radius 1 is 1.50 bits per heavy atom. The number of halogens is 2. The number of aliphatic imine (C=N–C) groups is 1. The van der Waals surface area contributed by atoms with Crippen LogP contribution in [0, 0.1) is 10.1 Å². The van der Waals surface area contributed by atoms with Gasteiger partial charge in [0.25, 0.3) is 0 Å².